The molecule has 0 N–H and O–H groups in total. The van der Waals surface area contributed by atoms with Crippen LogP contribution in [0.5, 0.6) is 0 Å². The predicted octanol–water partition coefficient (Wildman–Crippen LogP) is 2.04. The second-order valence-corrected chi connectivity index (χ2v) is 3.48. The third-order valence-corrected chi connectivity index (χ3v) is 2.13. The molecule has 0 saturated carbocycles. The van der Waals surface area contributed by atoms with Crippen LogP contribution >= 0.6 is 0 Å². The van der Waals surface area contributed by atoms with Gasteiger partial charge in [0, 0.05) is 19.2 Å². The van der Waals surface area contributed by atoms with Gasteiger partial charge in [0.25, 0.3) is 0 Å². The Hall–Kier alpha value is -1.12. The SMILES string of the molecule is CCCC(C)C(=O)c1cn(C)cn1. The summed E-state index contributed by atoms with van der Waals surface area (Å²) in [4.78, 5) is 15.7. The Bertz CT molecular complexity index is 291. The van der Waals surface area contributed by atoms with Crippen molar-refractivity contribution in [1.29, 1.82) is 0 Å². The van der Waals surface area contributed by atoms with Crippen LogP contribution in [0.25, 0.3) is 0 Å². The van der Waals surface area contributed by atoms with Gasteiger partial charge in [0.2, 0.25) is 0 Å². The number of aryl methyl sites for hydroxylation is 1. The largest absolute Gasteiger partial charge is 0.340 e. The molecule has 0 amide bonds. The van der Waals surface area contributed by atoms with E-state index in [2.05, 4.69) is 11.9 Å². The van der Waals surface area contributed by atoms with Gasteiger partial charge in [-0.1, -0.05) is 20.3 Å². The van der Waals surface area contributed by atoms with Crippen molar-refractivity contribution < 1.29 is 4.79 Å². The molecule has 3 nitrogen and oxygen atoms in total. The molecule has 0 fully saturated rings. The summed E-state index contributed by atoms with van der Waals surface area (Å²) in [5.74, 6) is 0.252. The maximum Gasteiger partial charge on any atom is 0.185 e. The first kappa shape index (κ1) is 9.96. The van der Waals surface area contributed by atoms with Crippen molar-refractivity contribution in [3.05, 3.63) is 18.2 Å². The van der Waals surface area contributed by atoms with Crippen LogP contribution in [0, 0.1) is 5.92 Å². The van der Waals surface area contributed by atoms with E-state index in [1.165, 1.54) is 0 Å². The van der Waals surface area contributed by atoms with Gasteiger partial charge in [-0.15, -0.1) is 0 Å². The summed E-state index contributed by atoms with van der Waals surface area (Å²) in [6.45, 7) is 4.04. The first-order valence-electron chi connectivity index (χ1n) is 4.67. The van der Waals surface area contributed by atoms with Gasteiger partial charge in [-0.05, 0) is 6.42 Å². The van der Waals surface area contributed by atoms with Crippen LogP contribution in [0.1, 0.15) is 37.2 Å². The highest BCUT2D eigenvalue weighted by Gasteiger charge is 2.15. The molecular formula is C10H16N2O. The van der Waals surface area contributed by atoms with Crippen molar-refractivity contribution in [3.8, 4) is 0 Å². The first-order chi connectivity index (χ1) is 6.15. The molecule has 0 bridgehead atoms. The molecule has 1 rings (SSSR count). The van der Waals surface area contributed by atoms with E-state index >= 15 is 0 Å². The summed E-state index contributed by atoms with van der Waals surface area (Å²) < 4.78 is 1.80. The van der Waals surface area contributed by atoms with Gasteiger partial charge < -0.3 is 4.57 Å². The summed E-state index contributed by atoms with van der Waals surface area (Å²) >= 11 is 0. The molecule has 1 unspecified atom stereocenters. The van der Waals surface area contributed by atoms with Crippen molar-refractivity contribution in [3.63, 3.8) is 0 Å². The summed E-state index contributed by atoms with van der Waals surface area (Å²) in [6, 6.07) is 0. The van der Waals surface area contributed by atoms with Gasteiger partial charge in [-0.25, -0.2) is 4.98 Å². The number of carbonyl (C=O) groups excluding carboxylic acids is 1. The van der Waals surface area contributed by atoms with E-state index in [0.717, 1.165) is 12.8 Å². The Labute approximate surface area is 78.8 Å². The molecule has 0 aliphatic rings. The lowest BCUT2D eigenvalue weighted by atomic mass is 9.99. The Kier molecular flexibility index (Phi) is 3.23. The van der Waals surface area contributed by atoms with E-state index < -0.39 is 0 Å². The summed E-state index contributed by atoms with van der Waals surface area (Å²) in [6.07, 6.45) is 5.41. The lowest BCUT2D eigenvalue weighted by Crippen LogP contribution is -2.11. The number of Topliss-reactive ketones (excluding diaryl/α,β-unsaturated/α-hetero) is 1. The van der Waals surface area contributed by atoms with Crippen LogP contribution in [0.15, 0.2) is 12.5 Å². The molecule has 3 heteroatoms. The maximum absolute atomic E-state index is 11.7. The minimum Gasteiger partial charge on any atom is -0.340 e. The van der Waals surface area contributed by atoms with Crippen molar-refractivity contribution in [2.45, 2.75) is 26.7 Å². The molecule has 0 saturated heterocycles. The second kappa shape index (κ2) is 4.21. The van der Waals surface area contributed by atoms with E-state index in [9.17, 15) is 4.79 Å². The van der Waals surface area contributed by atoms with Crippen LogP contribution in [-0.2, 0) is 7.05 Å². The zero-order chi connectivity index (χ0) is 9.84. The fraction of sp³-hybridized carbons (Fsp3) is 0.600. The van der Waals surface area contributed by atoms with Crippen molar-refractivity contribution in [2.75, 3.05) is 0 Å². The molecule has 0 spiro atoms. The average Bonchev–Trinajstić information content (AvgIpc) is 2.51. The number of rotatable bonds is 4. The van der Waals surface area contributed by atoms with E-state index in [1.54, 1.807) is 17.1 Å². The fourth-order valence-electron chi connectivity index (χ4n) is 1.36. The molecule has 0 radical (unpaired) electrons. The Balaban J connectivity index is 2.67. The van der Waals surface area contributed by atoms with Gasteiger partial charge in [-0.2, -0.15) is 0 Å². The van der Waals surface area contributed by atoms with Gasteiger partial charge >= 0.3 is 0 Å². The van der Waals surface area contributed by atoms with Gasteiger partial charge in [0.1, 0.15) is 5.69 Å². The first-order valence-corrected chi connectivity index (χ1v) is 4.67. The third kappa shape index (κ3) is 2.41. The molecule has 0 aliphatic heterocycles. The van der Waals surface area contributed by atoms with Crippen LogP contribution in [-0.4, -0.2) is 15.3 Å². The summed E-state index contributed by atoms with van der Waals surface area (Å²) in [7, 11) is 1.87. The van der Waals surface area contributed by atoms with Crippen LogP contribution in [0.2, 0.25) is 0 Å². The van der Waals surface area contributed by atoms with E-state index in [1.807, 2.05) is 14.0 Å². The molecule has 72 valence electrons. The molecule has 0 aliphatic carbocycles. The molecular weight excluding hydrogens is 164 g/mol. The normalized spacial score (nSPS) is 12.8. The van der Waals surface area contributed by atoms with E-state index in [0.29, 0.717) is 5.69 Å². The van der Waals surface area contributed by atoms with Crippen molar-refractivity contribution in [2.24, 2.45) is 13.0 Å². The Morgan fingerprint density at radius 2 is 2.38 bits per heavy atom. The predicted molar refractivity (Wildman–Crippen MR) is 51.6 cm³/mol. The minimum atomic E-state index is 0.0971. The standard InChI is InChI=1S/C10H16N2O/c1-4-5-8(2)10(13)9-6-12(3)7-11-9/h6-8H,4-5H2,1-3H3. The number of carbonyl (C=O) groups is 1. The summed E-state index contributed by atoms with van der Waals surface area (Å²) in [5, 5.41) is 0. The summed E-state index contributed by atoms with van der Waals surface area (Å²) in [5.41, 5.74) is 0.587. The Morgan fingerprint density at radius 1 is 1.69 bits per heavy atom. The number of aromatic nitrogens is 2. The second-order valence-electron chi connectivity index (χ2n) is 3.48. The number of nitrogens with zero attached hydrogens (tertiary/aromatic N) is 2. The quantitative estimate of drug-likeness (QED) is 0.664. The molecule has 0 aromatic carbocycles. The van der Waals surface area contributed by atoms with Gasteiger partial charge in [-0.3, -0.25) is 4.79 Å². The monoisotopic (exact) mass is 180 g/mol. The van der Waals surface area contributed by atoms with Crippen LogP contribution in [0.3, 0.4) is 0 Å². The highest BCUT2D eigenvalue weighted by molar-refractivity contribution is 5.95. The highest BCUT2D eigenvalue weighted by atomic mass is 16.1. The highest BCUT2D eigenvalue weighted by Crippen LogP contribution is 2.11. The number of hydrogen-bond acceptors (Lipinski definition) is 2. The van der Waals surface area contributed by atoms with Gasteiger partial charge in [0.05, 0.1) is 6.33 Å². The average molecular weight is 180 g/mol. The molecule has 1 heterocycles. The lowest BCUT2D eigenvalue weighted by Gasteiger charge is -2.05. The molecule has 1 atom stereocenters. The van der Waals surface area contributed by atoms with E-state index in [-0.39, 0.29) is 11.7 Å². The molecule has 1 aromatic heterocycles. The van der Waals surface area contributed by atoms with Crippen molar-refractivity contribution >= 4 is 5.78 Å². The smallest absolute Gasteiger partial charge is 0.185 e. The zero-order valence-corrected chi connectivity index (χ0v) is 8.45. The number of hydrogen-bond donors (Lipinski definition) is 0. The van der Waals surface area contributed by atoms with Crippen LogP contribution < -0.4 is 0 Å². The number of imidazole rings is 1. The maximum atomic E-state index is 11.7. The topological polar surface area (TPSA) is 34.9 Å². The minimum absolute atomic E-state index is 0.0971. The Morgan fingerprint density at radius 3 is 2.85 bits per heavy atom. The van der Waals surface area contributed by atoms with E-state index in [4.69, 9.17) is 0 Å². The van der Waals surface area contributed by atoms with Gasteiger partial charge in [0.15, 0.2) is 5.78 Å². The molecule has 13 heavy (non-hydrogen) atoms. The molecule has 1 aromatic rings. The lowest BCUT2D eigenvalue weighted by molar-refractivity contribution is 0.0919. The van der Waals surface area contributed by atoms with Crippen molar-refractivity contribution in [1.82, 2.24) is 9.55 Å². The number of ketones is 1. The third-order valence-electron chi connectivity index (χ3n) is 2.13. The fourth-order valence-corrected chi connectivity index (χ4v) is 1.36. The van der Waals surface area contributed by atoms with Crippen LogP contribution in [0.4, 0.5) is 0 Å². The zero-order valence-electron chi connectivity index (χ0n) is 8.45.